The van der Waals surface area contributed by atoms with Crippen LogP contribution in [0.3, 0.4) is 0 Å². The van der Waals surface area contributed by atoms with Gasteiger partial charge >= 0.3 is 0 Å². The average Bonchev–Trinajstić information content (AvgIpc) is 2.85. The van der Waals surface area contributed by atoms with Gasteiger partial charge in [-0.3, -0.25) is 4.79 Å². The van der Waals surface area contributed by atoms with Gasteiger partial charge in [-0.1, -0.05) is 41.8 Å². The van der Waals surface area contributed by atoms with E-state index >= 15 is 0 Å². The van der Waals surface area contributed by atoms with Gasteiger partial charge in [0.25, 0.3) is 0 Å². The summed E-state index contributed by atoms with van der Waals surface area (Å²) < 4.78 is 1.89. The van der Waals surface area contributed by atoms with Crippen LogP contribution in [0.4, 0.5) is 0 Å². The minimum Gasteiger partial charge on any atom is -0.339 e. The summed E-state index contributed by atoms with van der Waals surface area (Å²) >= 11 is 4.79. The molecule has 1 saturated heterocycles. The fourth-order valence-electron chi connectivity index (χ4n) is 2.11. The number of carbonyl (C=O) groups is 1. The van der Waals surface area contributed by atoms with Crippen molar-refractivity contribution >= 4 is 40.8 Å². The van der Waals surface area contributed by atoms with Crippen LogP contribution in [0.5, 0.6) is 0 Å². The molecule has 1 amide bonds. The molecule has 1 atom stereocenters. The van der Waals surface area contributed by atoms with Crippen LogP contribution in [-0.2, 0) is 4.79 Å². The molecule has 0 bridgehead atoms. The maximum Gasteiger partial charge on any atom is 0.233 e. The lowest BCUT2D eigenvalue weighted by Gasteiger charge is -2.33. The van der Waals surface area contributed by atoms with Crippen molar-refractivity contribution in [2.45, 2.75) is 47.8 Å². The van der Waals surface area contributed by atoms with E-state index in [9.17, 15) is 4.79 Å². The second-order valence-electron chi connectivity index (χ2n) is 4.49. The number of hydrogen-bond donors (Lipinski definition) is 0. The van der Waals surface area contributed by atoms with Crippen LogP contribution in [0.15, 0.2) is 8.68 Å². The van der Waals surface area contributed by atoms with Crippen LogP contribution in [0.25, 0.3) is 0 Å². The highest BCUT2D eigenvalue weighted by molar-refractivity contribution is 8.03. The van der Waals surface area contributed by atoms with Crippen molar-refractivity contribution in [1.82, 2.24) is 15.1 Å². The molecule has 2 rings (SSSR count). The smallest absolute Gasteiger partial charge is 0.233 e. The molecule has 0 spiro atoms. The third kappa shape index (κ3) is 4.36. The van der Waals surface area contributed by atoms with E-state index in [-0.39, 0.29) is 5.91 Å². The van der Waals surface area contributed by atoms with Crippen molar-refractivity contribution in [3.63, 3.8) is 0 Å². The molecular formula is C12H19N3OS3. The van der Waals surface area contributed by atoms with Crippen molar-refractivity contribution in [2.24, 2.45) is 0 Å². The predicted octanol–water partition coefficient (Wildman–Crippen LogP) is 3.14. The molecule has 0 aromatic carbocycles. The first-order chi connectivity index (χ1) is 9.20. The summed E-state index contributed by atoms with van der Waals surface area (Å²) in [5.41, 5.74) is 0. The SMILES string of the molecule is CCSc1nnc(SCC(=O)N2CCCCC2C)s1. The second kappa shape index (κ2) is 7.50. The maximum absolute atomic E-state index is 12.2. The molecule has 1 unspecified atom stereocenters. The van der Waals surface area contributed by atoms with E-state index in [2.05, 4.69) is 24.0 Å². The molecule has 0 radical (unpaired) electrons. The Kier molecular flexibility index (Phi) is 5.97. The zero-order valence-corrected chi connectivity index (χ0v) is 13.7. The van der Waals surface area contributed by atoms with Gasteiger partial charge in [-0.25, -0.2) is 0 Å². The molecule has 0 N–H and O–H groups in total. The van der Waals surface area contributed by atoms with Crippen LogP contribution >= 0.6 is 34.9 Å². The Hall–Kier alpha value is -0.270. The molecule has 2 heterocycles. The van der Waals surface area contributed by atoms with Crippen LogP contribution in [0, 0.1) is 0 Å². The summed E-state index contributed by atoms with van der Waals surface area (Å²) in [4.78, 5) is 14.2. The Morgan fingerprint density at radius 2 is 2.11 bits per heavy atom. The highest BCUT2D eigenvalue weighted by Crippen LogP contribution is 2.29. The summed E-state index contributed by atoms with van der Waals surface area (Å²) in [6.07, 6.45) is 3.51. The van der Waals surface area contributed by atoms with E-state index < -0.39 is 0 Å². The average molecular weight is 318 g/mol. The van der Waals surface area contributed by atoms with Gasteiger partial charge in [-0.15, -0.1) is 10.2 Å². The quantitative estimate of drug-likeness (QED) is 0.781. The number of thioether (sulfide) groups is 2. The van der Waals surface area contributed by atoms with E-state index in [4.69, 9.17) is 0 Å². The largest absolute Gasteiger partial charge is 0.339 e. The standard InChI is InChI=1S/C12H19N3OS3/c1-3-17-11-13-14-12(19-11)18-8-10(16)15-7-5-4-6-9(15)2/h9H,3-8H2,1-2H3. The van der Waals surface area contributed by atoms with Crippen molar-refractivity contribution in [3.05, 3.63) is 0 Å². The number of piperidine rings is 1. The van der Waals surface area contributed by atoms with E-state index in [1.165, 1.54) is 18.2 Å². The van der Waals surface area contributed by atoms with E-state index in [1.54, 1.807) is 23.1 Å². The van der Waals surface area contributed by atoms with Crippen molar-refractivity contribution in [2.75, 3.05) is 18.1 Å². The molecule has 7 heteroatoms. The number of carbonyl (C=O) groups excluding carboxylic acids is 1. The first kappa shape index (κ1) is 15.1. The number of nitrogens with zero attached hydrogens (tertiary/aromatic N) is 3. The molecule has 1 aromatic heterocycles. The van der Waals surface area contributed by atoms with E-state index in [0.29, 0.717) is 11.8 Å². The van der Waals surface area contributed by atoms with Gasteiger partial charge in [0.05, 0.1) is 5.75 Å². The highest BCUT2D eigenvalue weighted by atomic mass is 32.2. The first-order valence-corrected chi connectivity index (χ1v) is 9.38. The fourth-order valence-corrected chi connectivity index (χ4v) is 4.92. The van der Waals surface area contributed by atoms with Gasteiger partial charge in [0.1, 0.15) is 0 Å². The van der Waals surface area contributed by atoms with Crippen LogP contribution in [0.1, 0.15) is 33.1 Å². The number of hydrogen-bond acceptors (Lipinski definition) is 6. The summed E-state index contributed by atoms with van der Waals surface area (Å²) in [5, 5.41) is 8.21. The molecule has 0 aliphatic carbocycles. The Morgan fingerprint density at radius 1 is 1.37 bits per heavy atom. The van der Waals surface area contributed by atoms with E-state index in [1.807, 2.05) is 4.90 Å². The van der Waals surface area contributed by atoms with Gasteiger partial charge in [0.15, 0.2) is 8.68 Å². The summed E-state index contributed by atoms with van der Waals surface area (Å²) in [6, 6.07) is 0.391. The molecule has 0 saturated carbocycles. The molecule has 1 aromatic rings. The lowest BCUT2D eigenvalue weighted by molar-refractivity contribution is -0.131. The summed E-state index contributed by atoms with van der Waals surface area (Å²) in [6.45, 7) is 5.15. The molecule has 1 aliphatic rings. The monoisotopic (exact) mass is 317 g/mol. The van der Waals surface area contributed by atoms with Crippen molar-refractivity contribution in [1.29, 1.82) is 0 Å². The molecule has 106 valence electrons. The molecule has 19 heavy (non-hydrogen) atoms. The van der Waals surface area contributed by atoms with Gasteiger partial charge in [0.2, 0.25) is 5.91 Å². The number of aromatic nitrogens is 2. The van der Waals surface area contributed by atoms with Crippen LogP contribution in [-0.4, -0.2) is 45.1 Å². The van der Waals surface area contributed by atoms with Crippen molar-refractivity contribution in [3.8, 4) is 0 Å². The Labute approximate surface area is 126 Å². The molecular weight excluding hydrogens is 298 g/mol. The summed E-state index contributed by atoms with van der Waals surface area (Å²) in [5.74, 6) is 1.72. The Balaban J connectivity index is 1.81. The van der Waals surface area contributed by atoms with E-state index in [0.717, 1.165) is 33.8 Å². The first-order valence-electron chi connectivity index (χ1n) is 6.59. The lowest BCUT2D eigenvalue weighted by atomic mass is 10.0. The van der Waals surface area contributed by atoms with Crippen molar-refractivity contribution < 1.29 is 4.79 Å². The number of amides is 1. The predicted molar refractivity (Wildman–Crippen MR) is 82.1 cm³/mol. The number of rotatable bonds is 5. The highest BCUT2D eigenvalue weighted by Gasteiger charge is 2.23. The van der Waals surface area contributed by atoms with Gasteiger partial charge < -0.3 is 4.90 Å². The normalized spacial score (nSPS) is 19.7. The second-order valence-corrected chi connectivity index (χ2v) is 8.20. The third-order valence-corrected chi connectivity index (χ3v) is 6.15. The lowest BCUT2D eigenvalue weighted by Crippen LogP contribution is -2.42. The minimum atomic E-state index is 0.233. The maximum atomic E-state index is 12.2. The van der Waals surface area contributed by atoms with Gasteiger partial charge in [-0.2, -0.15) is 0 Å². The fraction of sp³-hybridized carbons (Fsp3) is 0.750. The molecule has 1 aliphatic heterocycles. The zero-order chi connectivity index (χ0) is 13.7. The Bertz CT molecular complexity index is 424. The Morgan fingerprint density at radius 3 is 2.79 bits per heavy atom. The summed E-state index contributed by atoms with van der Waals surface area (Å²) in [7, 11) is 0. The van der Waals surface area contributed by atoms with Crippen LogP contribution < -0.4 is 0 Å². The van der Waals surface area contributed by atoms with Gasteiger partial charge in [0, 0.05) is 12.6 Å². The van der Waals surface area contributed by atoms with Crippen LogP contribution in [0.2, 0.25) is 0 Å². The number of likely N-dealkylation sites (tertiary alicyclic amines) is 1. The third-order valence-electron chi connectivity index (χ3n) is 3.10. The zero-order valence-electron chi connectivity index (χ0n) is 11.3. The minimum absolute atomic E-state index is 0.233. The van der Waals surface area contributed by atoms with Gasteiger partial charge in [-0.05, 0) is 31.9 Å². The topological polar surface area (TPSA) is 46.1 Å². The molecule has 4 nitrogen and oxygen atoms in total. The molecule has 1 fully saturated rings.